The van der Waals surface area contributed by atoms with Crippen molar-refractivity contribution in [1.82, 2.24) is 9.88 Å². The number of piperidine rings is 1. The van der Waals surface area contributed by atoms with E-state index >= 15 is 0 Å². The number of anilines is 1. The first-order valence-corrected chi connectivity index (χ1v) is 9.71. The lowest BCUT2D eigenvalue weighted by molar-refractivity contribution is 0.0108. The van der Waals surface area contributed by atoms with Crippen molar-refractivity contribution in [1.29, 1.82) is 0 Å². The Morgan fingerprint density at radius 2 is 2.12 bits per heavy atom. The van der Waals surface area contributed by atoms with E-state index in [1.807, 2.05) is 43.9 Å². The highest BCUT2D eigenvalue weighted by Gasteiger charge is 2.31. The first-order chi connectivity index (χ1) is 11.8. The van der Waals surface area contributed by atoms with Crippen molar-refractivity contribution in [2.75, 3.05) is 25.0 Å². The van der Waals surface area contributed by atoms with Gasteiger partial charge in [0.1, 0.15) is 5.60 Å². The molecule has 6 heteroatoms. The van der Waals surface area contributed by atoms with E-state index in [2.05, 4.69) is 18.0 Å². The molecule has 1 aliphatic rings. The first kappa shape index (κ1) is 18.0. The van der Waals surface area contributed by atoms with Gasteiger partial charge in [0.05, 0.1) is 16.3 Å². The minimum absolute atomic E-state index is 0.167. The molecule has 1 aromatic carbocycles. The molecular weight excluding hydrogens is 334 g/mol. The first-order valence-electron chi connectivity index (χ1n) is 8.90. The van der Waals surface area contributed by atoms with Crippen LogP contribution in [0.15, 0.2) is 24.3 Å². The van der Waals surface area contributed by atoms with Crippen LogP contribution in [-0.2, 0) is 4.74 Å². The molecule has 0 spiro atoms. The Bertz CT molecular complexity index is 705. The Balaban J connectivity index is 1.71. The molecule has 2 heterocycles. The number of fused-ring (bicyclic) bond motifs is 1. The average Bonchev–Trinajstić information content (AvgIpc) is 2.98. The molecule has 1 saturated heterocycles. The molecule has 1 amide bonds. The zero-order valence-corrected chi connectivity index (χ0v) is 16.3. The van der Waals surface area contributed by atoms with Crippen LogP contribution in [0.2, 0.25) is 0 Å². The molecule has 25 heavy (non-hydrogen) atoms. The van der Waals surface area contributed by atoms with E-state index in [-0.39, 0.29) is 12.1 Å². The van der Waals surface area contributed by atoms with Gasteiger partial charge in [-0.15, -0.1) is 0 Å². The van der Waals surface area contributed by atoms with E-state index in [1.165, 1.54) is 4.70 Å². The highest BCUT2D eigenvalue weighted by Crippen LogP contribution is 2.29. The van der Waals surface area contributed by atoms with Gasteiger partial charge in [-0.2, -0.15) is 0 Å². The summed E-state index contributed by atoms with van der Waals surface area (Å²) < 4.78 is 6.79. The second-order valence-corrected chi connectivity index (χ2v) is 8.68. The number of nitrogens with zero attached hydrogens (tertiary/aromatic N) is 3. The largest absolute Gasteiger partial charge is 0.444 e. The number of likely N-dealkylation sites (tertiary alicyclic amines) is 1. The van der Waals surface area contributed by atoms with E-state index in [4.69, 9.17) is 9.72 Å². The summed E-state index contributed by atoms with van der Waals surface area (Å²) in [5.41, 5.74) is 0.569. The fourth-order valence-corrected chi connectivity index (χ4v) is 4.10. The molecule has 1 fully saturated rings. The van der Waals surface area contributed by atoms with E-state index in [0.29, 0.717) is 0 Å². The summed E-state index contributed by atoms with van der Waals surface area (Å²) in [6, 6.07) is 8.35. The molecule has 0 aliphatic carbocycles. The van der Waals surface area contributed by atoms with Crippen molar-refractivity contribution in [3.05, 3.63) is 24.3 Å². The Morgan fingerprint density at radius 1 is 1.36 bits per heavy atom. The van der Waals surface area contributed by atoms with Crippen LogP contribution in [0.5, 0.6) is 0 Å². The monoisotopic (exact) mass is 361 g/mol. The van der Waals surface area contributed by atoms with Crippen LogP contribution in [0.25, 0.3) is 10.2 Å². The molecule has 0 N–H and O–H groups in total. The van der Waals surface area contributed by atoms with Gasteiger partial charge in [0.15, 0.2) is 5.13 Å². The van der Waals surface area contributed by atoms with Crippen molar-refractivity contribution >= 4 is 32.8 Å². The number of amides is 1. The van der Waals surface area contributed by atoms with E-state index < -0.39 is 5.60 Å². The molecule has 1 aliphatic heterocycles. The molecule has 0 bridgehead atoms. The molecule has 0 saturated carbocycles. The summed E-state index contributed by atoms with van der Waals surface area (Å²) in [6.07, 6.45) is 3.00. The average molecular weight is 362 g/mol. The Kier molecular flexibility index (Phi) is 5.18. The molecule has 1 aromatic heterocycles. The molecule has 3 rings (SSSR count). The van der Waals surface area contributed by atoms with Crippen LogP contribution >= 0.6 is 11.3 Å². The summed E-state index contributed by atoms with van der Waals surface area (Å²) >= 11 is 1.69. The van der Waals surface area contributed by atoms with Crippen molar-refractivity contribution in [3.63, 3.8) is 0 Å². The molecule has 5 nitrogen and oxygen atoms in total. The number of para-hydroxylation sites is 1. The molecular formula is C19H27N3O2S. The van der Waals surface area contributed by atoms with Gasteiger partial charge in [0.2, 0.25) is 0 Å². The van der Waals surface area contributed by atoms with Gasteiger partial charge in [0, 0.05) is 20.1 Å². The minimum Gasteiger partial charge on any atom is -0.444 e. The number of hydrogen-bond donors (Lipinski definition) is 0. The SMILES string of the molecule is CN(C[C@H]1CCCCN1C(=O)OC(C)(C)C)c1nc2ccccc2s1. The maximum atomic E-state index is 12.6. The number of rotatable bonds is 3. The lowest BCUT2D eigenvalue weighted by Crippen LogP contribution is -2.50. The van der Waals surface area contributed by atoms with Crippen LogP contribution in [0, 0.1) is 0 Å². The second kappa shape index (κ2) is 7.20. The molecule has 1 atom stereocenters. The zero-order valence-electron chi connectivity index (χ0n) is 15.5. The third-order valence-corrected chi connectivity index (χ3v) is 5.50. The Morgan fingerprint density at radius 3 is 2.84 bits per heavy atom. The van der Waals surface area contributed by atoms with Crippen molar-refractivity contribution in [3.8, 4) is 0 Å². The van der Waals surface area contributed by atoms with Crippen LogP contribution in [-0.4, -0.2) is 47.8 Å². The Hall–Kier alpha value is -1.82. The summed E-state index contributed by atoms with van der Waals surface area (Å²) in [5, 5.41) is 0.996. The van der Waals surface area contributed by atoms with Crippen molar-refractivity contribution in [2.45, 2.75) is 51.7 Å². The van der Waals surface area contributed by atoms with Gasteiger partial charge in [-0.25, -0.2) is 9.78 Å². The molecule has 2 aromatic rings. The number of thiazole rings is 1. The molecule has 0 radical (unpaired) electrons. The quantitative estimate of drug-likeness (QED) is 0.806. The summed E-state index contributed by atoms with van der Waals surface area (Å²) in [5.74, 6) is 0. The third-order valence-electron chi connectivity index (χ3n) is 4.35. The zero-order chi connectivity index (χ0) is 18.0. The lowest BCUT2D eigenvalue weighted by Gasteiger charge is -2.38. The second-order valence-electron chi connectivity index (χ2n) is 7.67. The van der Waals surface area contributed by atoms with Gasteiger partial charge in [0.25, 0.3) is 0 Å². The smallest absolute Gasteiger partial charge is 0.410 e. The fraction of sp³-hybridized carbons (Fsp3) is 0.579. The van der Waals surface area contributed by atoms with Gasteiger partial charge in [-0.05, 0) is 52.2 Å². The van der Waals surface area contributed by atoms with Crippen LogP contribution in [0.4, 0.5) is 9.93 Å². The van der Waals surface area contributed by atoms with Crippen LogP contribution < -0.4 is 4.90 Å². The number of hydrogen-bond acceptors (Lipinski definition) is 5. The summed E-state index contributed by atoms with van der Waals surface area (Å²) in [7, 11) is 2.06. The normalized spacial score (nSPS) is 18.4. The predicted octanol–water partition coefficient (Wildman–Crippen LogP) is 4.52. The van der Waals surface area contributed by atoms with E-state index in [1.54, 1.807) is 11.3 Å². The van der Waals surface area contributed by atoms with Crippen LogP contribution in [0.1, 0.15) is 40.0 Å². The molecule has 0 unspecified atom stereocenters. The number of likely N-dealkylation sites (N-methyl/N-ethyl adjacent to an activating group) is 1. The summed E-state index contributed by atoms with van der Waals surface area (Å²) in [6.45, 7) is 7.29. The van der Waals surface area contributed by atoms with E-state index in [9.17, 15) is 4.79 Å². The van der Waals surface area contributed by atoms with Crippen LogP contribution in [0.3, 0.4) is 0 Å². The van der Waals surface area contributed by atoms with Gasteiger partial charge in [-0.1, -0.05) is 23.5 Å². The van der Waals surface area contributed by atoms with Crippen molar-refractivity contribution in [2.24, 2.45) is 0 Å². The minimum atomic E-state index is -0.460. The predicted molar refractivity (Wildman–Crippen MR) is 103 cm³/mol. The maximum absolute atomic E-state index is 12.6. The van der Waals surface area contributed by atoms with E-state index in [0.717, 1.165) is 43.0 Å². The van der Waals surface area contributed by atoms with Gasteiger partial charge in [-0.3, -0.25) is 0 Å². The third kappa shape index (κ3) is 4.42. The molecule has 136 valence electrons. The number of aromatic nitrogens is 1. The topological polar surface area (TPSA) is 45.7 Å². The standard InChI is InChI=1S/C19H27N3O2S/c1-19(2,3)24-18(23)22-12-8-7-9-14(22)13-21(4)17-20-15-10-5-6-11-16(15)25-17/h5-6,10-11,14H,7-9,12-13H2,1-4H3/t14-/m1/s1. The fourth-order valence-electron chi connectivity index (χ4n) is 3.17. The van der Waals surface area contributed by atoms with Gasteiger partial charge >= 0.3 is 6.09 Å². The Labute approximate surface area is 153 Å². The maximum Gasteiger partial charge on any atom is 0.410 e. The number of ether oxygens (including phenoxy) is 1. The number of carbonyl (C=O) groups is 1. The number of carbonyl (C=O) groups excluding carboxylic acids is 1. The highest BCUT2D eigenvalue weighted by atomic mass is 32.1. The summed E-state index contributed by atoms with van der Waals surface area (Å²) in [4.78, 5) is 21.3. The van der Waals surface area contributed by atoms with Gasteiger partial charge < -0.3 is 14.5 Å². The lowest BCUT2D eigenvalue weighted by atomic mass is 10.0. The van der Waals surface area contributed by atoms with Crippen molar-refractivity contribution < 1.29 is 9.53 Å². The highest BCUT2D eigenvalue weighted by molar-refractivity contribution is 7.22. The number of benzene rings is 1.